The maximum absolute atomic E-state index is 11.9. The first-order valence-electron chi connectivity index (χ1n) is 5.19. The number of aliphatic carboxylic acids is 1. The van der Waals surface area contributed by atoms with Gasteiger partial charge in [0.2, 0.25) is 0 Å². The summed E-state index contributed by atoms with van der Waals surface area (Å²) in [5, 5.41) is 15.0. The highest BCUT2D eigenvalue weighted by Crippen LogP contribution is 2.07. The molecule has 94 valence electrons. The van der Waals surface area contributed by atoms with Crippen LogP contribution in [-0.2, 0) is 4.79 Å². The third-order valence-corrected chi connectivity index (χ3v) is 2.51. The number of rotatable bonds is 3. The molecule has 2 rings (SSSR count). The molecule has 0 radical (unpaired) electrons. The van der Waals surface area contributed by atoms with Crippen LogP contribution >= 0.6 is 0 Å². The van der Waals surface area contributed by atoms with E-state index < -0.39 is 17.9 Å². The molecule has 2 heterocycles. The molecule has 0 spiro atoms. The van der Waals surface area contributed by atoms with Crippen LogP contribution in [0, 0.1) is 6.92 Å². The molecule has 0 saturated heterocycles. The molecule has 0 aliphatic heterocycles. The molecule has 2 N–H and O–H groups in total. The molecule has 18 heavy (non-hydrogen) atoms. The van der Waals surface area contributed by atoms with Crippen molar-refractivity contribution in [3.8, 4) is 0 Å². The van der Waals surface area contributed by atoms with E-state index in [1.165, 1.54) is 24.0 Å². The lowest BCUT2D eigenvalue weighted by atomic mass is 10.2. The van der Waals surface area contributed by atoms with Gasteiger partial charge >= 0.3 is 5.97 Å². The highest BCUT2D eigenvalue weighted by atomic mass is 16.4. The van der Waals surface area contributed by atoms with E-state index in [4.69, 9.17) is 5.11 Å². The number of carbonyl (C=O) groups is 2. The third kappa shape index (κ3) is 1.99. The average molecular weight is 249 g/mol. The molecule has 1 atom stereocenters. The first-order chi connectivity index (χ1) is 8.50. The van der Waals surface area contributed by atoms with E-state index in [1.54, 1.807) is 6.92 Å². The Morgan fingerprint density at radius 2 is 2.17 bits per heavy atom. The predicted octanol–water partition coefficient (Wildman–Crippen LogP) is -0.364. The van der Waals surface area contributed by atoms with Crippen molar-refractivity contribution in [3.05, 3.63) is 23.8 Å². The van der Waals surface area contributed by atoms with Crippen LogP contribution in [0.15, 0.2) is 12.5 Å². The minimum atomic E-state index is -1.10. The highest BCUT2D eigenvalue weighted by molar-refractivity contribution is 5.97. The van der Waals surface area contributed by atoms with Crippen LogP contribution in [0.25, 0.3) is 5.78 Å². The topological polar surface area (TPSA) is 109 Å². The number of amides is 1. The van der Waals surface area contributed by atoms with Crippen molar-refractivity contribution < 1.29 is 14.7 Å². The van der Waals surface area contributed by atoms with E-state index in [1.807, 2.05) is 0 Å². The summed E-state index contributed by atoms with van der Waals surface area (Å²) in [4.78, 5) is 30.4. The Labute approximate surface area is 102 Å². The Kier molecular flexibility index (Phi) is 2.92. The van der Waals surface area contributed by atoms with Crippen molar-refractivity contribution in [3.63, 3.8) is 0 Å². The summed E-state index contributed by atoms with van der Waals surface area (Å²) in [5.41, 5.74) is 0.814. The molecule has 0 fully saturated rings. The summed E-state index contributed by atoms with van der Waals surface area (Å²) >= 11 is 0. The van der Waals surface area contributed by atoms with Crippen LogP contribution in [0.2, 0.25) is 0 Å². The second-order valence-electron chi connectivity index (χ2n) is 3.76. The van der Waals surface area contributed by atoms with Gasteiger partial charge in [-0.25, -0.2) is 9.50 Å². The molecular formula is C10H11N5O3. The standard InChI is InChI=1S/C10H11N5O3/c1-5(9(17)18)14-8(16)7-3-11-10-12-4-13-15(10)6(7)2/h3-5H,1-2H3,(H,14,16)(H,17,18)/t5-/m0/s1. The van der Waals surface area contributed by atoms with Gasteiger partial charge in [0.25, 0.3) is 11.7 Å². The van der Waals surface area contributed by atoms with Crippen molar-refractivity contribution in [2.75, 3.05) is 0 Å². The minimum Gasteiger partial charge on any atom is -0.480 e. The zero-order chi connectivity index (χ0) is 13.3. The monoisotopic (exact) mass is 249 g/mol. The van der Waals surface area contributed by atoms with Crippen molar-refractivity contribution in [1.82, 2.24) is 24.9 Å². The Hall–Kier alpha value is -2.51. The molecule has 2 aromatic heterocycles. The molecule has 0 aromatic carbocycles. The van der Waals surface area contributed by atoms with Crippen LogP contribution in [0.4, 0.5) is 0 Å². The minimum absolute atomic E-state index is 0.265. The number of hydrogen-bond acceptors (Lipinski definition) is 5. The molecule has 0 unspecified atom stereocenters. The maximum atomic E-state index is 11.9. The molecule has 0 saturated carbocycles. The highest BCUT2D eigenvalue weighted by Gasteiger charge is 2.18. The van der Waals surface area contributed by atoms with E-state index in [0.717, 1.165) is 0 Å². The lowest BCUT2D eigenvalue weighted by Crippen LogP contribution is -2.38. The summed E-state index contributed by atoms with van der Waals surface area (Å²) in [6, 6.07) is -0.969. The van der Waals surface area contributed by atoms with Gasteiger partial charge in [0, 0.05) is 6.20 Å². The number of carboxylic acids is 1. The Morgan fingerprint density at radius 3 is 2.83 bits per heavy atom. The van der Waals surface area contributed by atoms with Crippen LogP contribution in [0.1, 0.15) is 23.0 Å². The number of aryl methyl sites for hydroxylation is 1. The third-order valence-electron chi connectivity index (χ3n) is 2.51. The van der Waals surface area contributed by atoms with Crippen LogP contribution in [0.5, 0.6) is 0 Å². The van der Waals surface area contributed by atoms with Crippen LogP contribution in [0.3, 0.4) is 0 Å². The zero-order valence-corrected chi connectivity index (χ0v) is 9.78. The fourth-order valence-electron chi connectivity index (χ4n) is 1.45. The van der Waals surface area contributed by atoms with Gasteiger partial charge in [-0.05, 0) is 13.8 Å². The number of fused-ring (bicyclic) bond motifs is 1. The number of carbonyl (C=O) groups excluding carboxylic acids is 1. The molecule has 8 nitrogen and oxygen atoms in total. The number of nitrogens with one attached hydrogen (secondary N) is 1. The Balaban J connectivity index is 2.33. The number of aromatic nitrogens is 4. The quantitative estimate of drug-likeness (QED) is 0.768. The fraction of sp³-hybridized carbons (Fsp3) is 0.300. The molecular weight excluding hydrogens is 238 g/mol. The first-order valence-corrected chi connectivity index (χ1v) is 5.19. The number of nitrogens with zero attached hydrogens (tertiary/aromatic N) is 4. The molecule has 0 aliphatic carbocycles. The molecule has 0 bridgehead atoms. The van der Waals surface area contributed by atoms with E-state index in [9.17, 15) is 9.59 Å². The summed E-state index contributed by atoms with van der Waals surface area (Å²) in [7, 11) is 0. The first kappa shape index (κ1) is 12.0. The van der Waals surface area contributed by atoms with Gasteiger partial charge in [-0.2, -0.15) is 10.1 Å². The van der Waals surface area contributed by atoms with Gasteiger partial charge in [-0.3, -0.25) is 9.59 Å². The summed E-state index contributed by atoms with van der Waals surface area (Å²) < 4.78 is 1.42. The molecule has 0 aliphatic rings. The van der Waals surface area contributed by atoms with Gasteiger partial charge in [-0.15, -0.1) is 0 Å². The van der Waals surface area contributed by atoms with Gasteiger partial charge in [0.05, 0.1) is 11.3 Å². The Bertz CT molecular complexity index is 621. The van der Waals surface area contributed by atoms with E-state index >= 15 is 0 Å². The lowest BCUT2D eigenvalue weighted by Gasteiger charge is -2.10. The number of hydrogen-bond donors (Lipinski definition) is 2. The van der Waals surface area contributed by atoms with Crippen molar-refractivity contribution >= 4 is 17.7 Å². The largest absolute Gasteiger partial charge is 0.480 e. The second kappa shape index (κ2) is 4.40. The SMILES string of the molecule is Cc1c(C(=O)N[C@@H](C)C(=O)O)cnc2ncnn12. The van der Waals surface area contributed by atoms with Crippen LogP contribution in [-0.4, -0.2) is 42.6 Å². The van der Waals surface area contributed by atoms with Crippen molar-refractivity contribution in [2.45, 2.75) is 19.9 Å². The number of carboxylic acid groups (broad SMARTS) is 1. The average Bonchev–Trinajstić information content (AvgIpc) is 2.78. The summed E-state index contributed by atoms with van der Waals surface area (Å²) in [5.74, 6) is -1.22. The second-order valence-corrected chi connectivity index (χ2v) is 3.76. The van der Waals surface area contributed by atoms with E-state index in [-0.39, 0.29) is 5.56 Å². The fourth-order valence-corrected chi connectivity index (χ4v) is 1.45. The van der Waals surface area contributed by atoms with Gasteiger partial charge in [-0.1, -0.05) is 0 Å². The van der Waals surface area contributed by atoms with Gasteiger partial charge < -0.3 is 10.4 Å². The predicted molar refractivity (Wildman–Crippen MR) is 60.1 cm³/mol. The lowest BCUT2D eigenvalue weighted by molar-refractivity contribution is -0.138. The van der Waals surface area contributed by atoms with Crippen molar-refractivity contribution in [1.29, 1.82) is 0 Å². The maximum Gasteiger partial charge on any atom is 0.325 e. The zero-order valence-electron chi connectivity index (χ0n) is 9.78. The smallest absolute Gasteiger partial charge is 0.325 e. The van der Waals surface area contributed by atoms with E-state index in [0.29, 0.717) is 11.5 Å². The summed E-state index contributed by atoms with van der Waals surface area (Å²) in [6.45, 7) is 3.07. The van der Waals surface area contributed by atoms with Gasteiger partial charge in [0.15, 0.2) is 0 Å². The Morgan fingerprint density at radius 1 is 1.44 bits per heavy atom. The van der Waals surface area contributed by atoms with E-state index in [2.05, 4.69) is 20.4 Å². The summed E-state index contributed by atoms with van der Waals surface area (Å²) in [6.07, 6.45) is 2.68. The normalized spacial score (nSPS) is 12.3. The molecule has 2 aromatic rings. The molecule has 8 heteroatoms. The molecule has 1 amide bonds. The van der Waals surface area contributed by atoms with Crippen molar-refractivity contribution in [2.24, 2.45) is 0 Å². The van der Waals surface area contributed by atoms with Crippen LogP contribution < -0.4 is 5.32 Å². The van der Waals surface area contributed by atoms with Gasteiger partial charge in [0.1, 0.15) is 12.4 Å².